The first-order chi connectivity index (χ1) is 11.1. The molecule has 23 heavy (non-hydrogen) atoms. The van der Waals surface area contributed by atoms with Gasteiger partial charge in [-0.15, -0.1) is 0 Å². The van der Waals surface area contributed by atoms with Crippen molar-refractivity contribution in [1.29, 1.82) is 0 Å². The van der Waals surface area contributed by atoms with Crippen molar-refractivity contribution in [3.8, 4) is 0 Å². The SMILES string of the molecule is CC(C)c1nc([C@@H]2CCCN(C(=O)[C@H](C)c3ccsc3)C2)no1. The Morgan fingerprint density at radius 3 is 2.91 bits per heavy atom. The van der Waals surface area contributed by atoms with Gasteiger partial charge in [0.1, 0.15) is 0 Å². The number of rotatable bonds is 4. The molecule has 5 nitrogen and oxygen atoms in total. The highest BCUT2D eigenvalue weighted by Crippen LogP contribution is 2.29. The topological polar surface area (TPSA) is 59.2 Å². The van der Waals surface area contributed by atoms with E-state index < -0.39 is 0 Å². The van der Waals surface area contributed by atoms with Gasteiger partial charge in [-0.25, -0.2) is 0 Å². The third-order valence-corrected chi connectivity index (χ3v) is 5.16. The van der Waals surface area contributed by atoms with Gasteiger partial charge in [0.25, 0.3) is 0 Å². The molecule has 3 rings (SSSR count). The summed E-state index contributed by atoms with van der Waals surface area (Å²) in [4.78, 5) is 19.2. The van der Waals surface area contributed by atoms with E-state index >= 15 is 0 Å². The van der Waals surface area contributed by atoms with Crippen LogP contribution in [0.25, 0.3) is 0 Å². The molecule has 124 valence electrons. The van der Waals surface area contributed by atoms with Crippen LogP contribution in [-0.4, -0.2) is 34.0 Å². The van der Waals surface area contributed by atoms with Crippen LogP contribution in [0.15, 0.2) is 21.3 Å². The minimum atomic E-state index is -0.0866. The summed E-state index contributed by atoms with van der Waals surface area (Å²) in [6, 6.07) is 2.03. The Bertz CT molecular complexity index is 651. The largest absolute Gasteiger partial charge is 0.341 e. The summed E-state index contributed by atoms with van der Waals surface area (Å²) in [7, 11) is 0. The summed E-state index contributed by atoms with van der Waals surface area (Å²) in [5, 5.41) is 8.20. The first kappa shape index (κ1) is 16.2. The molecular weight excluding hydrogens is 310 g/mol. The quantitative estimate of drug-likeness (QED) is 0.854. The van der Waals surface area contributed by atoms with E-state index in [4.69, 9.17) is 4.52 Å². The van der Waals surface area contributed by atoms with Gasteiger partial charge in [0.15, 0.2) is 5.82 Å². The molecule has 1 fully saturated rings. The fourth-order valence-corrected chi connectivity index (χ4v) is 3.73. The molecular formula is C17H23N3O2S. The van der Waals surface area contributed by atoms with Crippen LogP contribution >= 0.6 is 11.3 Å². The molecule has 3 heterocycles. The maximum absolute atomic E-state index is 12.8. The van der Waals surface area contributed by atoms with Crippen molar-refractivity contribution in [3.63, 3.8) is 0 Å². The Kier molecular flexibility index (Phi) is 4.80. The Morgan fingerprint density at radius 2 is 2.26 bits per heavy atom. The molecule has 0 N–H and O–H groups in total. The first-order valence-electron chi connectivity index (χ1n) is 8.20. The molecule has 0 aliphatic carbocycles. The molecule has 1 saturated heterocycles. The van der Waals surface area contributed by atoms with E-state index in [0.29, 0.717) is 12.4 Å². The molecule has 1 aliphatic rings. The van der Waals surface area contributed by atoms with E-state index in [1.54, 1.807) is 11.3 Å². The maximum atomic E-state index is 12.8. The van der Waals surface area contributed by atoms with Crippen molar-refractivity contribution in [2.45, 2.75) is 51.4 Å². The fourth-order valence-electron chi connectivity index (χ4n) is 2.97. The van der Waals surface area contributed by atoms with E-state index in [0.717, 1.165) is 30.8 Å². The van der Waals surface area contributed by atoms with E-state index in [2.05, 4.69) is 15.5 Å². The van der Waals surface area contributed by atoms with E-state index in [1.165, 1.54) is 0 Å². The van der Waals surface area contributed by atoms with Crippen LogP contribution in [0.4, 0.5) is 0 Å². The third-order valence-electron chi connectivity index (χ3n) is 4.46. The van der Waals surface area contributed by atoms with Crippen LogP contribution in [0.1, 0.15) is 68.6 Å². The highest BCUT2D eigenvalue weighted by molar-refractivity contribution is 7.08. The minimum absolute atomic E-state index is 0.0866. The van der Waals surface area contributed by atoms with Crippen molar-refractivity contribution in [2.75, 3.05) is 13.1 Å². The summed E-state index contributed by atoms with van der Waals surface area (Å²) < 4.78 is 5.32. The smallest absolute Gasteiger partial charge is 0.229 e. The number of piperidine rings is 1. The van der Waals surface area contributed by atoms with Gasteiger partial charge in [-0.1, -0.05) is 19.0 Å². The second-order valence-corrected chi connectivity index (χ2v) is 7.33. The van der Waals surface area contributed by atoms with Crippen molar-refractivity contribution < 1.29 is 9.32 Å². The lowest BCUT2D eigenvalue weighted by Gasteiger charge is -2.33. The summed E-state index contributed by atoms with van der Waals surface area (Å²) in [6.45, 7) is 7.56. The second-order valence-electron chi connectivity index (χ2n) is 6.55. The predicted octanol–water partition coefficient (Wildman–Crippen LogP) is 3.76. The van der Waals surface area contributed by atoms with Gasteiger partial charge in [0, 0.05) is 24.9 Å². The number of likely N-dealkylation sites (tertiary alicyclic amines) is 1. The Balaban J connectivity index is 1.69. The monoisotopic (exact) mass is 333 g/mol. The number of carbonyl (C=O) groups is 1. The minimum Gasteiger partial charge on any atom is -0.341 e. The van der Waals surface area contributed by atoms with Gasteiger partial charge < -0.3 is 9.42 Å². The van der Waals surface area contributed by atoms with E-state index in [9.17, 15) is 4.79 Å². The molecule has 0 saturated carbocycles. The van der Waals surface area contributed by atoms with E-state index in [-0.39, 0.29) is 23.7 Å². The third kappa shape index (κ3) is 3.47. The average Bonchev–Trinajstić information content (AvgIpc) is 3.25. The van der Waals surface area contributed by atoms with Crippen molar-refractivity contribution in [1.82, 2.24) is 15.0 Å². The maximum Gasteiger partial charge on any atom is 0.229 e. The summed E-state index contributed by atoms with van der Waals surface area (Å²) in [6.07, 6.45) is 1.99. The molecule has 2 aromatic rings. The first-order valence-corrected chi connectivity index (χ1v) is 9.15. The number of aromatic nitrogens is 2. The molecule has 0 radical (unpaired) electrons. The Labute approximate surface area is 140 Å². The van der Waals surface area contributed by atoms with E-state index in [1.807, 2.05) is 37.1 Å². The molecule has 0 unspecified atom stereocenters. The lowest BCUT2D eigenvalue weighted by Crippen LogP contribution is -2.41. The van der Waals surface area contributed by atoms with Crippen LogP contribution < -0.4 is 0 Å². The van der Waals surface area contributed by atoms with Gasteiger partial charge in [-0.05, 0) is 42.2 Å². The summed E-state index contributed by atoms with van der Waals surface area (Å²) in [5.74, 6) is 1.94. The summed E-state index contributed by atoms with van der Waals surface area (Å²) >= 11 is 1.63. The van der Waals surface area contributed by atoms with Gasteiger partial charge in [0.2, 0.25) is 11.8 Å². The number of hydrogen-bond donors (Lipinski definition) is 0. The van der Waals surface area contributed by atoms with Crippen LogP contribution in [0.3, 0.4) is 0 Å². The van der Waals surface area contributed by atoms with Gasteiger partial charge >= 0.3 is 0 Å². The van der Waals surface area contributed by atoms with Gasteiger partial charge in [-0.3, -0.25) is 4.79 Å². The summed E-state index contributed by atoms with van der Waals surface area (Å²) in [5.41, 5.74) is 1.10. The lowest BCUT2D eigenvalue weighted by atomic mass is 9.95. The average molecular weight is 333 g/mol. The molecule has 0 aromatic carbocycles. The normalized spacial score (nSPS) is 20.0. The van der Waals surface area contributed by atoms with Crippen LogP contribution in [0, 0.1) is 0 Å². The number of nitrogens with zero attached hydrogens (tertiary/aromatic N) is 3. The zero-order chi connectivity index (χ0) is 16.4. The standard InChI is InChI=1S/C17H23N3O2S/c1-11(2)16-18-15(19-22-16)13-5-4-7-20(9-13)17(21)12(3)14-6-8-23-10-14/h6,8,10-13H,4-5,7,9H2,1-3H3/t12-,13-/m1/s1. The highest BCUT2D eigenvalue weighted by atomic mass is 32.1. The molecule has 0 spiro atoms. The lowest BCUT2D eigenvalue weighted by molar-refractivity contribution is -0.133. The van der Waals surface area contributed by atoms with Gasteiger partial charge in [0.05, 0.1) is 5.92 Å². The molecule has 6 heteroatoms. The molecule has 1 amide bonds. The fraction of sp³-hybridized carbons (Fsp3) is 0.588. The van der Waals surface area contributed by atoms with Crippen molar-refractivity contribution in [3.05, 3.63) is 34.1 Å². The second kappa shape index (κ2) is 6.83. The zero-order valence-corrected chi connectivity index (χ0v) is 14.7. The van der Waals surface area contributed by atoms with Crippen molar-refractivity contribution >= 4 is 17.2 Å². The highest BCUT2D eigenvalue weighted by Gasteiger charge is 2.30. The number of hydrogen-bond acceptors (Lipinski definition) is 5. The Hall–Kier alpha value is -1.69. The predicted molar refractivity (Wildman–Crippen MR) is 89.7 cm³/mol. The Morgan fingerprint density at radius 1 is 1.43 bits per heavy atom. The molecule has 2 aromatic heterocycles. The molecule has 1 aliphatic heterocycles. The number of thiophene rings is 1. The van der Waals surface area contributed by atoms with Crippen molar-refractivity contribution in [2.24, 2.45) is 0 Å². The van der Waals surface area contributed by atoms with Crippen LogP contribution in [0.2, 0.25) is 0 Å². The number of amides is 1. The van der Waals surface area contributed by atoms with Crippen LogP contribution in [0.5, 0.6) is 0 Å². The van der Waals surface area contributed by atoms with Crippen LogP contribution in [-0.2, 0) is 4.79 Å². The zero-order valence-electron chi connectivity index (χ0n) is 13.9. The number of carbonyl (C=O) groups excluding carboxylic acids is 1. The molecule has 2 atom stereocenters. The molecule has 0 bridgehead atoms. The van der Waals surface area contributed by atoms with Gasteiger partial charge in [-0.2, -0.15) is 16.3 Å².